The number of non-ortho nitro benzene ring substituents is 1. The first-order valence-corrected chi connectivity index (χ1v) is 13.0. The zero-order valence-electron chi connectivity index (χ0n) is 21.2. The first-order valence-electron chi connectivity index (χ1n) is 13.0. The SMILES string of the molecule is O=C(CC(c1ccc([N+](=O)[O-])cc1)c1cn(Cc2ccc(F)cc2)c2ccccc12)NCCN1CCCC1. The normalized spacial score (nSPS) is 14.6. The van der Waals surface area contributed by atoms with E-state index in [-0.39, 0.29) is 29.8 Å². The van der Waals surface area contributed by atoms with Crippen molar-refractivity contribution in [3.05, 3.63) is 112 Å². The highest BCUT2D eigenvalue weighted by Gasteiger charge is 2.24. The molecular weight excluding hydrogens is 483 g/mol. The molecule has 8 heteroatoms. The van der Waals surface area contributed by atoms with Gasteiger partial charge in [-0.2, -0.15) is 0 Å². The maximum atomic E-state index is 13.5. The molecule has 4 aromatic rings. The Morgan fingerprint density at radius 3 is 2.42 bits per heavy atom. The fraction of sp³-hybridized carbons (Fsp3) is 0.300. The van der Waals surface area contributed by atoms with Crippen LogP contribution in [0.3, 0.4) is 0 Å². The highest BCUT2D eigenvalue weighted by Crippen LogP contribution is 2.35. The van der Waals surface area contributed by atoms with Gasteiger partial charge in [-0.25, -0.2) is 4.39 Å². The molecule has 3 aromatic carbocycles. The predicted molar refractivity (Wildman–Crippen MR) is 146 cm³/mol. The van der Waals surface area contributed by atoms with Crippen LogP contribution >= 0.6 is 0 Å². The molecule has 1 N–H and O–H groups in total. The quantitative estimate of drug-likeness (QED) is 0.225. The van der Waals surface area contributed by atoms with Crippen LogP contribution in [0.2, 0.25) is 0 Å². The molecule has 1 aliphatic rings. The van der Waals surface area contributed by atoms with Gasteiger partial charge in [-0.3, -0.25) is 14.9 Å². The van der Waals surface area contributed by atoms with Gasteiger partial charge in [0.25, 0.3) is 5.69 Å². The van der Waals surface area contributed by atoms with Gasteiger partial charge in [0.1, 0.15) is 5.82 Å². The molecule has 1 amide bonds. The van der Waals surface area contributed by atoms with Gasteiger partial charge < -0.3 is 14.8 Å². The third kappa shape index (κ3) is 5.92. The minimum absolute atomic E-state index is 0.0151. The van der Waals surface area contributed by atoms with Gasteiger partial charge in [-0.15, -0.1) is 0 Å². The number of hydrogen-bond acceptors (Lipinski definition) is 4. The minimum atomic E-state index is -0.418. The molecule has 1 aromatic heterocycles. The maximum absolute atomic E-state index is 13.5. The highest BCUT2D eigenvalue weighted by atomic mass is 19.1. The van der Waals surface area contributed by atoms with E-state index in [4.69, 9.17) is 0 Å². The third-order valence-electron chi connectivity index (χ3n) is 7.31. The van der Waals surface area contributed by atoms with Gasteiger partial charge in [0, 0.05) is 61.2 Å². The van der Waals surface area contributed by atoms with E-state index in [9.17, 15) is 19.3 Å². The van der Waals surface area contributed by atoms with Gasteiger partial charge in [0.15, 0.2) is 0 Å². The van der Waals surface area contributed by atoms with Gasteiger partial charge in [0.05, 0.1) is 4.92 Å². The van der Waals surface area contributed by atoms with E-state index in [1.54, 1.807) is 24.3 Å². The summed E-state index contributed by atoms with van der Waals surface area (Å²) >= 11 is 0. The summed E-state index contributed by atoms with van der Waals surface area (Å²) in [4.78, 5) is 26.3. The number of halogens is 1. The Morgan fingerprint density at radius 1 is 1.00 bits per heavy atom. The van der Waals surface area contributed by atoms with Crippen molar-refractivity contribution in [1.29, 1.82) is 0 Å². The number of nitro benzene ring substituents is 1. The number of nitrogens with zero attached hydrogens (tertiary/aromatic N) is 3. The highest BCUT2D eigenvalue weighted by molar-refractivity contribution is 5.86. The summed E-state index contributed by atoms with van der Waals surface area (Å²) in [5, 5.41) is 15.3. The molecule has 0 spiro atoms. The zero-order chi connectivity index (χ0) is 26.5. The number of aromatic nitrogens is 1. The number of para-hydroxylation sites is 1. The Kier molecular flexibility index (Phi) is 7.79. The van der Waals surface area contributed by atoms with E-state index in [0.29, 0.717) is 13.1 Å². The van der Waals surface area contributed by atoms with Crippen molar-refractivity contribution in [3.8, 4) is 0 Å². The van der Waals surface area contributed by atoms with E-state index < -0.39 is 4.92 Å². The van der Waals surface area contributed by atoms with E-state index in [0.717, 1.165) is 47.2 Å². The Bertz CT molecular complexity index is 1410. The standard InChI is InChI=1S/C30H31FN4O3/c31-24-11-7-22(8-12-24)20-34-21-28(26-5-1-2-6-29(26)34)27(23-9-13-25(14-10-23)35(37)38)19-30(36)32-15-18-33-16-3-4-17-33/h1-2,5-14,21,27H,3-4,15-20H2,(H,32,36). The number of hydrogen-bond donors (Lipinski definition) is 1. The summed E-state index contributed by atoms with van der Waals surface area (Å²) in [7, 11) is 0. The molecule has 38 heavy (non-hydrogen) atoms. The van der Waals surface area contributed by atoms with Gasteiger partial charge >= 0.3 is 0 Å². The molecule has 0 radical (unpaired) electrons. The maximum Gasteiger partial charge on any atom is 0.269 e. The second-order valence-electron chi connectivity index (χ2n) is 9.86. The summed E-state index contributed by atoms with van der Waals surface area (Å²) in [6.07, 6.45) is 4.69. The van der Waals surface area contributed by atoms with Crippen LogP contribution in [0.25, 0.3) is 10.9 Å². The topological polar surface area (TPSA) is 80.4 Å². The fourth-order valence-electron chi connectivity index (χ4n) is 5.32. The lowest BCUT2D eigenvalue weighted by atomic mass is 9.88. The second kappa shape index (κ2) is 11.6. The molecule has 1 aliphatic heterocycles. The fourth-order valence-corrected chi connectivity index (χ4v) is 5.32. The van der Waals surface area contributed by atoms with Crippen LogP contribution in [0.4, 0.5) is 10.1 Å². The number of rotatable bonds is 10. The average molecular weight is 515 g/mol. The number of fused-ring (bicyclic) bond motifs is 1. The lowest BCUT2D eigenvalue weighted by molar-refractivity contribution is -0.384. The Balaban J connectivity index is 1.45. The van der Waals surface area contributed by atoms with Crippen LogP contribution in [0.1, 0.15) is 41.9 Å². The van der Waals surface area contributed by atoms with Crippen molar-refractivity contribution in [3.63, 3.8) is 0 Å². The van der Waals surface area contributed by atoms with Crippen LogP contribution in [0.15, 0.2) is 79.0 Å². The van der Waals surface area contributed by atoms with Crippen LogP contribution < -0.4 is 5.32 Å². The smallest absolute Gasteiger partial charge is 0.269 e. The molecule has 1 unspecified atom stereocenters. The molecule has 0 saturated carbocycles. The number of likely N-dealkylation sites (tertiary alicyclic amines) is 1. The van der Waals surface area contributed by atoms with Crippen molar-refractivity contribution < 1.29 is 14.1 Å². The first-order chi connectivity index (χ1) is 18.5. The van der Waals surface area contributed by atoms with Crippen molar-refractivity contribution in [2.75, 3.05) is 26.2 Å². The number of nitrogens with one attached hydrogen (secondary N) is 1. The first kappa shape index (κ1) is 25.6. The number of benzene rings is 3. The van der Waals surface area contributed by atoms with Crippen molar-refractivity contribution in [2.45, 2.75) is 31.7 Å². The molecule has 1 atom stereocenters. The van der Waals surface area contributed by atoms with E-state index >= 15 is 0 Å². The lowest BCUT2D eigenvalue weighted by Gasteiger charge is -2.19. The molecule has 1 fully saturated rings. The predicted octanol–water partition coefficient (Wildman–Crippen LogP) is 5.47. The van der Waals surface area contributed by atoms with Crippen LogP contribution in [0.5, 0.6) is 0 Å². The van der Waals surface area contributed by atoms with Crippen LogP contribution in [0, 0.1) is 15.9 Å². The monoisotopic (exact) mass is 514 g/mol. The molecule has 196 valence electrons. The molecule has 0 aliphatic carbocycles. The van der Waals surface area contributed by atoms with E-state index in [2.05, 4.69) is 21.0 Å². The average Bonchev–Trinajstić information content (AvgIpc) is 3.57. The number of amides is 1. The van der Waals surface area contributed by atoms with E-state index in [1.165, 1.54) is 37.1 Å². The summed E-state index contributed by atoms with van der Waals surface area (Å²) in [6, 6.07) is 20.9. The molecule has 2 heterocycles. The van der Waals surface area contributed by atoms with Crippen LogP contribution in [-0.2, 0) is 11.3 Å². The van der Waals surface area contributed by atoms with Gasteiger partial charge in [-0.05, 0) is 60.8 Å². The van der Waals surface area contributed by atoms with Crippen molar-refractivity contribution in [1.82, 2.24) is 14.8 Å². The Hall–Kier alpha value is -4.04. The Morgan fingerprint density at radius 2 is 1.71 bits per heavy atom. The zero-order valence-corrected chi connectivity index (χ0v) is 21.2. The minimum Gasteiger partial charge on any atom is -0.355 e. The number of nitro groups is 1. The van der Waals surface area contributed by atoms with Gasteiger partial charge in [0.2, 0.25) is 5.91 Å². The molecule has 1 saturated heterocycles. The second-order valence-corrected chi connectivity index (χ2v) is 9.86. The summed E-state index contributed by atoms with van der Waals surface area (Å²) in [5.41, 5.74) is 3.81. The van der Waals surface area contributed by atoms with E-state index in [1.807, 2.05) is 24.3 Å². The van der Waals surface area contributed by atoms with Crippen molar-refractivity contribution >= 4 is 22.5 Å². The Labute approximate surface area is 221 Å². The van der Waals surface area contributed by atoms with Crippen LogP contribution in [-0.4, -0.2) is 46.5 Å². The number of carbonyl (C=O) groups excluding carboxylic acids is 1. The largest absolute Gasteiger partial charge is 0.355 e. The molecule has 0 bridgehead atoms. The summed E-state index contributed by atoms with van der Waals surface area (Å²) in [6.45, 7) is 4.14. The van der Waals surface area contributed by atoms with Crippen molar-refractivity contribution in [2.24, 2.45) is 0 Å². The lowest BCUT2D eigenvalue weighted by Crippen LogP contribution is -2.34. The molecule has 7 nitrogen and oxygen atoms in total. The number of carbonyl (C=O) groups is 1. The van der Waals surface area contributed by atoms with Gasteiger partial charge in [-0.1, -0.05) is 42.5 Å². The summed E-state index contributed by atoms with van der Waals surface area (Å²) in [5.74, 6) is -0.620. The third-order valence-corrected chi connectivity index (χ3v) is 7.31. The molecule has 5 rings (SSSR count). The summed E-state index contributed by atoms with van der Waals surface area (Å²) < 4.78 is 15.6. The molecular formula is C30H31FN4O3.